The molecule has 0 saturated carbocycles. The Morgan fingerprint density at radius 3 is 2.75 bits per heavy atom. The molecule has 1 aromatic heterocycles. The second-order valence-corrected chi connectivity index (χ2v) is 6.16. The molecule has 1 atom stereocenters. The quantitative estimate of drug-likeness (QED) is 0.886. The molecule has 0 unspecified atom stereocenters. The van der Waals surface area contributed by atoms with Crippen LogP contribution in [-0.2, 0) is 16.1 Å². The summed E-state index contributed by atoms with van der Waals surface area (Å²) >= 11 is 3.24. The first kappa shape index (κ1) is 14.8. The second-order valence-electron chi connectivity index (χ2n) is 5.24. The number of hydrogen-bond donors (Lipinski definition) is 1. The van der Waals surface area contributed by atoms with E-state index < -0.39 is 11.4 Å². The van der Waals surface area contributed by atoms with E-state index in [1.165, 1.54) is 15.5 Å². The van der Waals surface area contributed by atoms with E-state index in [9.17, 15) is 14.4 Å². The third-order valence-electron chi connectivity index (χ3n) is 3.60. The third-order valence-corrected chi connectivity index (χ3v) is 4.06. The fourth-order valence-corrected chi connectivity index (χ4v) is 2.60. The standard InChI is InChI=1S/C13H15BrN2O4/c1-13(12(19)20)4-5-15(8-13)11(18)7-16-6-9(14)2-3-10(16)17/h2-3,6H,4-5,7-8H2,1H3,(H,19,20)/t13-/m1/s1. The van der Waals surface area contributed by atoms with Crippen molar-refractivity contribution in [3.63, 3.8) is 0 Å². The molecule has 7 heteroatoms. The predicted molar refractivity (Wildman–Crippen MR) is 75.3 cm³/mol. The van der Waals surface area contributed by atoms with E-state index >= 15 is 0 Å². The Labute approximate surface area is 124 Å². The van der Waals surface area contributed by atoms with Crippen LogP contribution in [0.15, 0.2) is 27.6 Å². The van der Waals surface area contributed by atoms with E-state index in [-0.39, 0.29) is 24.6 Å². The lowest BCUT2D eigenvalue weighted by atomic mass is 9.90. The first-order valence-electron chi connectivity index (χ1n) is 6.19. The summed E-state index contributed by atoms with van der Waals surface area (Å²) in [5, 5.41) is 9.14. The van der Waals surface area contributed by atoms with Gasteiger partial charge in [0.25, 0.3) is 5.56 Å². The zero-order valence-electron chi connectivity index (χ0n) is 11.0. The van der Waals surface area contributed by atoms with Crippen molar-refractivity contribution in [2.45, 2.75) is 19.9 Å². The van der Waals surface area contributed by atoms with Gasteiger partial charge in [-0.05, 0) is 35.3 Å². The molecular formula is C13H15BrN2O4. The summed E-state index contributed by atoms with van der Waals surface area (Å²) in [6, 6.07) is 2.99. The lowest BCUT2D eigenvalue weighted by Crippen LogP contribution is -2.38. The van der Waals surface area contributed by atoms with Gasteiger partial charge in [0.2, 0.25) is 5.91 Å². The summed E-state index contributed by atoms with van der Waals surface area (Å²) in [5.41, 5.74) is -1.15. The van der Waals surface area contributed by atoms with E-state index in [1.54, 1.807) is 19.2 Å². The highest BCUT2D eigenvalue weighted by Gasteiger charge is 2.41. The van der Waals surface area contributed by atoms with Crippen LogP contribution < -0.4 is 5.56 Å². The molecule has 2 heterocycles. The van der Waals surface area contributed by atoms with Crippen molar-refractivity contribution in [3.8, 4) is 0 Å². The molecule has 0 bridgehead atoms. The minimum absolute atomic E-state index is 0.0754. The fraction of sp³-hybridized carbons (Fsp3) is 0.462. The van der Waals surface area contributed by atoms with E-state index in [0.29, 0.717) is 17.4 Å². The van der Waals surface area contributed by atoms with Gasteiger partial charge < -0.3 is 14.6 Å². The topological polar surface area (TPSA) is 79.6 Å². The number of likely N-dealkylation sites (tertiary alicyclic amines) is 1. The van der Waals surface area contributed by atoms with Gasteiger partial charge in [-0.1, -0.05) is 0 Å². The van der Waals surface area contributed by atoms with Crippen LogP contribution in [0.4, 0.5) is 0 Å². The molecule has 1 aromatic rings. The Hall–Kier alpha value is -1.63. The summed E-state index contributed by atoms with van der Waals surface area (Å²) in [5.74, 6) is -1.14. The van der Waals surface area contributed by atoms with Gasteiger partial charge in [0.1, 0.15) is 6.54 Å². The minimum Gasteiger partial charge on any atom is -0.481 e. The Balaban J connectivity index is 2.09. The maximum Gasteiger partial charge on any atom is 0.311 e. The van der Waals surface area contributed by atoms with Crippen LogP contribution in [0.3, 0.4) is 0 Å². The number of pyridine rings is 1. The highest BCUT2D eigenvalue weighted by atomic mass is 79.9. The zero-order chi connectivity index (χ0) is 14.9. The van der Waals surface area contributed by atoms with Crippen molar-refractivity contribution < 1.29 is 14.7 Å². The molecule has 1 aliphatic heterocycles. The van der Waals surface area contributed by atoms with Crippen molar-refractivity contribution in [1.29, 1.82) is 0 Å². The van der Waals surface area contributed by atoms with Crippen LogP contribution in [0.2, 0.25) is 0 Å². The predicted octanol–water partition coefficient (Wildman–Crippen LogP) is 0.934. The number of carboxylic acid groups (broad SMARTS) is 1. The number of carboxylic acids is 1. The van der Waals surface area contributed by atoms with Crippen molar-refractivity contribution in [2.24, 2.45) is 5.41 Å². The first-order chi connectivity index (χ1) is 9.32. The van der Waals surface area contributed by atoms with Gasteiger partial charge in [-0.15, -0.1) is 0 Å². The number of halogens is 1. The van der Waals surface area contributed by atoms with E-state index in [1.807, 2.05) is 0 Å². The molecular weight excluding hydrogens is 328 g/mol. The van der Waals surface area contributed by atoms with Crippen LogP contribution in [0.25, 0.3) is 0 Å². The number of carbonyl (C=O) groups is 2. The Bertz CT molecular complexity index is 613. The Kier molecular flexibility index (Phi) is 3.99. The molecule has 0 radical (unpaired) electrons. The molecule has 0 spiro atoms. The van der Waals surface area contributed by atoms with Gasteiger partial charge in [0, 0.05) is 29.8 Å². The second kappa shape index (κ2) is 5.40. The summed E-state index contributed by atoms with van der Waals surface area (Å²) in [6.07, 6.45) is 1.98. The molecule has 0 aromatic carbocycles. The van der Waals surface area contributed by atoms with Crippen molar-refractivity contribution in [1.82, 2.24) is 9.47 Å². The summed E-state index contributed by atoms with van der Waals surface area (Å²) in [7, 11) is 0. The van der Waals surface area contributed by atoms with Crippen LogP contribution in [0.1, 0.15) is 13.3 Å². The average molecular weight is 343 g/mol. The smallest absolute Gasteiger partial charge is 0.311 e. The van der Waals surface area contributed by atoms with Gasteiger partial charge in [0.15, 0.2) is 0 Å². The molecule has 20 heavy (non-hydrogen) atoms. The van der Waals surface area contributed by atoms with Gasteiger partial charge in [-0.3, -0.25) is 14.4 Å². The summed E-state index contributed by atoms with van der Waals surface area (Å²) < 4.78 is 2.02. The summed E-state index contributed by atoms with van der Waals surface area (Å²) in [4.78, 5) is 36.4. The molecule has 1 fully saturated rings. The molecule has 1 N–H and O–H groups in total. The molecule has 6 nitrogen and oxygen atoms in total. The maximum absolute atomic E-state index is 12.1. The van der Waals surface area contributed by atoms with Crippen molar-refractivity contribution in [2.75, 3.05) is 13.1 Å². The van der Waals surface area contributed by atoms with Gasteiger partial charge in [-0.2, -0.15) is 0 Å². The lowest BCUT2D eigenvalue weighted by Gasteiger charge is -2.20. The van der Waals surface area contributed by atoms with Crippen molar-refractivity contribution >= 4 is 27.8 Å². The van der Waals surface area contributed by atoms with Gasteiger partial charge in [0.05, 0.1) is 5.41 Å². The SMILES string of the molecule is C[C@@]1(C(=O)O)CCN(C(=O)Cn2cc(Br)ccc2=O)C1. The highest BCUT2D eigenvalue weighted by molar-refractivity contribution is 9.10. The first-order valence-corrected chi connectivity index (χ1v) is 6.98. The van der Waals surface area contributed by atoms with Crippen LogP contribution in [0, 0.1) is 5.41 Å². The minimum atomic E-state index is -0.896. The van der Waals surface area contributed by atoms with Crippen LogP contribution >= 0.6 is 15.9 Å². The fourth-order valence-electron chi connectivity index (χ4n) is 2.22. The number of aromatic nitrogens is 1. The largest absolute Gasteiger partial charge is 0.481 e. The van der Waals surface area contributed by atoms with Gasteiger partial charge in [-0.25, -0.2) is 0 Å². The molecule has 1 aliphatic rings. The number of rotatable bonds is 3. The summed E-state index contributed by atoms with van der Waals surface area (Å²) in [6.45, 7) is 2.15. The van der Waals surface area contributed by atoms with E-state index in [4.69, 9.17) is 5.11 Å². The molecule has 1 amide bonds. The molecule has 2 rings (SSSR count). The Morgan fingerprint density at radius 1 is 1.45 bits per heavy atom. The van der Waals surface area contributed by atoms with E-state index in [2.05, 4.69) is 15.9 Å². The van der Waals surface area contributed by atoms with Crippen LogP contribution in [0.5, 0.6) is 0 Å². The molecule has 1 saturated heterocycles. The maximum atomic E-state index is 12.1. The number of aliphatic carboxylic acids is 1. The van der Waals surface area contributed by atoms with E-state index in [0.717, 1.165) is 0 Å². The van der Waals surface area contributed by atoms with Crippen LogP contribution in [-0.4, -0.2) is 39.5 Å². The number of hydrogen-bond acceptors (Lipinski definition) is 3. The number of amides is 1. The normalized spacial score (nSPS) is 22.0. The zero-order valence-corrected chi connectivity index (χ0v) is 12.6. The third kappa shape index (κ3) is 2.92. The van der Waals surface area contributed by atoms with Gasteiger partial charge >= 0.3 is 5.97 Å². The Morgan fingerprint density at radius 2 is 2.15 bits per heavy atom. The molecule has 0 aliphatic carbocycles. The highest BCUT2D eigenvalue weighted by Crippen LogP contribution is 2.30. The average Bonchev–Trinajstić information content (AvgIpc) is 2.78. The van der Waals surface area contributed by atoms with Crippen molar-refractivity contribution in [3.05, 3.63) is 33.2 Å². The number of carbonyl (C=O) groups excluding carboxylic acids is 1. The number of nitrogens with zero attached hydrogens (tertiary/aromatic N) is 2. The lowest BCUT2D eigenvalue weighted by molar-refractivity contribution is -0.147. The molecule has 108 valence electrons. The monoisotopic (exact) mass is 342 g/mol.